The van der Waals surface area contributed by atoms with Gasteiger partial charge < -0.3 is 0 Å². The highest BCUT2D eigenvalue weighted by Crippen LogP contribution is 2.18. The number of hydrogen-bond acceptors (Lipinski definition) is 3. The Bertz CT molecular complexity index is 446. The molecule has 1 aromatic carbocycles. The van der Waals surface area contributed by atoms with Gasteiger partial charge >= 0.3 is 0 Å². The van der Waals surface area contributed by atoms with Crippen LogP contribution in [-0.2, 0) is 6.54 Å². The molecule has 2 rings (SSSR count). The molecule has 0 saturated carbocycles. The van der Waals surface area contributed by atoms with Crippen LogP contribution in [0.2, 0.25) is 0 Å². The topological polar surface area (TPSA) is 30.3 Å². The highest BCUT2D eigenvalue weighted by atomic mass is 15.2. The highest BCUT2D eigenvalue weighted by molar-refractivity contribution is 5.32. The van der Waals surface area contributed by atoms with E-state index in [-0.39, 0.29) is 0 Å². The molecule has 0 radical (unpaired) electrons. The molecule has 0 spiro atoms. The standard InChI is InChI=1S/C16H23N3/c1-3-19(4-2)16-8-9-18(13-16)12-15-7-5-6-14(10-15)11-17/h5-7,10,16H,3-4,8-9,12-13H2,1-2H3. The molecule has 102 valence electrons. The van der Waals surface area contributed by atoms with Crippen molar-refractivity contribution in [2.45, 2.75) is 32.9 Å². The summed E-state index contributed by atoms with van der Waals surface area (Å²) >= 11 is 0. The molecule has 1 saturated heterocycles. The van der Waals surface area contributed by atoms with E-state index in [0.29, 0.717) is 6.04 Å². The normalized spacial score (nSPS) is 19.8. The summed E-state index contributed by atoms with van der Waals surface area (Å²) < 4.78 is 0. The summed E-state index contributed by atoms with van der Waals surface area (Å²) in [6.45, 7) is 10.0. The third-order valence-corrected chi connectivity index (χ3v) is 4.04. The summed E-state index contributed by atoms with van der Waals surface area (Å²) in [4.78, 5) is 5.05. The first-order chi connectivity index (χ1) is 9.26. The Morgan fingerprint density at radius 1 is 1.37 bits per heavy atom. The summed E-state index contributed by atoms with van der Waals surface area (Å²) in [5.74, 6) is 0. The lowest BCUT2D eigenvalue weighted by Gasteiger charge is -2.26. The zero-order valence-electron chi connectivity index (χ0n) is 12.0. The monoisotopic (exact) mass is 257 g/mol. The second-order valence-corrected chi connectivity index (χ2v) is 5.21. The minimum Gasteiger partial charge on any atom is -0.300 e. The van der Waals surface area contributed by atoms with E-state index in [1.54, 1.807) is 0 Å². The third-order valence-electron chi connectivity index (χ3n) is 4.04. The quantitative estimate of drug-likeness (QED) is 0.812. The lowest BCUT2D eigenvalue weighted by molar-refractivity contribution is 0.209. The lowest BCUT2D eigenvalue weighted by Crippen LogP contribution is -2.37. The Morgan fingerprint density at radius 3 is 2.84 bits per heavy atom. The minimum atomic E-state index is 0.703. The number of rotatable bonds is 5. The molecule has 0 aromatic heterocycles. The van der Waals surface area contributed by atoms with Crippen molar-refractivity contribution in [2.75, 3.05) is 26.2 Å². The van der Waals surface area contributed by atoms with Crippen molar-refractivity contribution in [3.63, 3.8) is 0 Å². The number of nitriles is 1. The van der Waals surface area contributed by atoms with E-state index in [9.17, 15) is 0 Å². The van der Waals surface area contributed by atoms with Gasteiger partial charge in [0.2, 0.25) is 0 Å². The van der Waals surface area contributed by atoms with Gasteiger partial charge in [-0.2, -0.15) is 5.26 Å². The molecule has 1 aliphatic rings. The number of likely N-dealkylation sites (tertiary alicyclic amines) is 1. The Balaban J connectivity index is 1.93. The van der Waals surface area contributed by atoms with Gasteiger partial charge in [0.25, 0.3) is 0 Å². The second kappa shape index (κ2) is 6.70. The van der Waals surface area contributed by atoms with E-state index in [1.165, 1.54) is 12.0 Å². The number of benzene rings is 1. The second-order valence-electron chi connectivity index (χ2n) is 5.21. The lowest BCUT2D eigenvalue weighted by atomic mass is 10.1. The van der Waals surface area contributed by atoms with E-state index < -0.39 is 0 Å². The van der Waals surface area contributed by atoms with E-state index in [4.69, 9.17) is 5.26 Å². The van der Waals surface area contributed by atoms with Crippen LogP contribution in [0.4, 0.5) is 0 Å². The van der Waals surface area contributed by atoms with E-state index in [0.717, 1.165) is 38.3 Å². The summed E-state index contributed by atoms with van der Waals surface area (Å²) in [5.41, 5.74) is 2.01. The molecule has 0 bridgehead atoms. The Labute approximate surface area is 116 Å². The molecule has 0 N–H and O–H groups in total. The molecule has 0 aliphatic carbocycles. The smallest absolute Gasteiger partial charge is 0.0991 e. The summed E-state index contributed by atoms with van der Waals surface area (Å²) in [6, 6.07) is 10.9. The SMILES string of the molecule is CCN(CC)C1CCN(Cc2cccc(C#N)c2)C1. The van der Waals surface area contributed by atoms with Crippen molar-refractivity contribution in [3.8, 4) is 6.07 Å². The Kier molecular flexibility index (Phi) is 4.95. The van der Waals surface area contributed by atoms with Crippen LogP contribution in [-0.4, -0.2) is 42.0 Å². The molecule has 0 amide bonds. The molecule has 1 atom stereocenters. The first-order valence-electron chi connectivity index (χ1n) is 7.22. The number of likely N-dealkylation sites (N-methyl/N-ethyl adjacent to an activating group) is 1. The van der Waals surface area contributed by atoms with Crippen molar-refractivity contribution in [3.05, 3.63) is 35.4 Å². The van der Waals surface area contributed by atoms with Crippen LogP contribution >= 0.6 is 0 Å². The van der Waals surface area contributed by atoms with Crippen LogP contribution in [0.25, 0.3) is 0 Å². The molecule has 1 aliphatic heterocycles. The fraction of sp³-hybridized carbons (Fsp3) is 0.562. The predicted octanol–water partition coefficient (Wildman–Crippen LogP) is 2.47. The average molecular weight is 257 g/mol. The van der Waals surface area contributed by atoms with Crippen LogP contribution in [0.3, 0.4) is 0 Å². The number of nitrogens with zero attached hydrogens (tertiary/aromatic N) is 3. The molecular weight excluding hydrogens is 234 g/mol. The fourth-order valence-corrected chi connectivity index (χ4v) is 2.99. The van der Waals surface area contributed by atoms with Gasteiger partial charge in [0.15, 0.2) is 0 Å². The van der Waals surface area contributed by atoms with Crippen molar-refractivity contribution >= 4 is 0 Å². The summed E-state index contributed by atoms with van der Waals surface area (Å²) in [7, 11) is 0. The van der Waals surface area contributed by atoms with Crippen molar-refractivity contribution in [1.82, 2.24) is 9.80 Å². The van der Waals surface area contributed by atoms with Gasteiger partial charge in [-0.25, -0.2) is 0 Å². The van der Waals surface area contributed by atoms with Crippen LogP contribution in [0, 0.1) is 11.3 Å². The predicted molar refractivity (Wildman–Crippen MR) is 77.8 cm³/mol. The first kappa shape index (κ1) is 14.0. The molecule has 19 heavy (non-hydrogen) atoms. The van der Waals surface area contributed by atoms with Gasteiger partial charge in [0.05, 0.1) is 11.6 Å². The average Bonchev–Trinajstić information content (AvgIpc) is 2.89. The van der Waals surface area contributed by atoms with E-state index >= 15 is 0 Å². The highest BCUT2D eigenvalue weighted by Gasteiger charge is 2.25. The Hall–Kier alpha value is -1.37. The van der Waals surface area contributed by atoms with E-state index in [1.807, 2.05) is 18.2 Å². The van der Waals surface area contributed by atoms with Crippen LogP contribution in [0.5, 0.6) is 0 Å². The summed E-state index contributed by atoms with van der Waals surface area (Å²) in [6.07, 6.45) is 1.26. The van der Waals surface area contributed by atoms with Crippen molar-refractivity contribution in [2.24, 2.45) is 0 Å². The molecule has 1 heterocycles. The molecule has 1 unspecified atom stereocenters. The maximum absolute atomic E-state index is 8.93. The minimum absolute atomic E-state index is 0.703. The fourth-order valence-electron chi connectivity index (χ4n) is 2.99. The number of hydrogen-bond donors (Lipinski definition) is 0. The van der Waals surface area contributed by atoms with Gasteiger partial charge in [0, 0.05) is 25.7 Å². The van der Waals surface area contributed by atoms with Gasteiger partial charge in [-0.3, -0.25) is 9.80 Å². The van der Waals surface area contributed by atoms with Crippen LogP contribution in [0.1, 0.15) is 31.4 Å². The van der Waals surface area contributed by atoms with Crippen molar-refractivity contribution < 1.29 is 0 Å². The van der Waals surface area contributed by atoms with Crippen LogP contribution in [0.15, 0.2) is 24.3 Å². The largest absolute Gasteiger partial charge is 0.300 e. The third kappa shape index (κ3) is 3.56. The van der Waals surface area contributed by atoms with Gasteiger partial charge in [-0.1, -0.05) is 26.0 Å². The maximum Gasteiger partial charge on any atom is 0.0991 e. The van der Waals surface area contributed by atoms with Gasteiger partial charge in [-0.05, 0) is 37.2 Å². The van der Waals surface area contributed by atoms with Gasteiger partial charge in [0.1, 0.15) is 0 Å². The molecule has 1 fully saturated rings. The van der Waals surface area contributed by atoms with Gasteiger partial charge in [-0.15, -0.1) is 0 Å². The molecule has 1 aromatic rings. The van der Waals surface area contributed by atoms with Crippen molar-refractivity contribution in [1.29, 1.82) is 5.26 Å². The maximum atomic E-state index is 8.93. The first-order valence-corrected chi connectivity index (χ1v) is 7.22. The summed E-state index contributed by atoms with van der Waals surface area (Å²) in [5, 5.41) is 8.93. The zero-order valence-corrected chi connectivity index (χ0v) is 12.0. The Morgan fingerprint density at radius 2 is 2.16 bits per heavy atom. The van der Waals surface area contributed by atoms with Crippen LogP contribution < -0.4 is 0 Å². The zero-order chi connectivity index (χ0) is 13.7. The van der Waals surface area contributed by atoms with E-state index in [2.05, 4.69) is 35.8 Å². The molecule has 3 nitrogen and oxygen atoms in total. The molecular formula is C16H23N3. The molecule has 3 heteroatoms.